The van der Waals surface area contributed by atoms with E-state index in [1.165, 1.54) is 13.2 Å². The number of hydrogen-bond acceptors (Lipinski definition) is 3. The molecule has 1 amide bonds. The molecule has 0 fully saturated rings. The number of nitrogen functional groups attached to an aromatic ring is 1. The van der Waals surface area contributed by atoms with E-state index in [0.717, 1.165) is 0 Å². The van der Waals surface area contributed by atoms with E-state index in [-0.39, 0.29) is 24.0 Å². The number of benzene rings is 2. The molecule has 21 heavy (non-hydrogen) atoms. The predicted octanol–water partition coefficient (Wildman–Crippen LogP) is 3.11. The second-order valence-electron chi connectivity index (χ2n) is 4.34. The van der Waals surface area contributed by atoms with E-state index in [9.17, 15) is 9.18 Å². The van der Waals surface area contributed by atoms with E-state index in [1.807, 2.05) is 0 Å². The van der Waals surface area contributed by atoms with Gasteiger partial charge in [0.2, 0.25) is 0 Å². The third-order valence-corrected chi connectivity index (χ3v) is 3.48. The number of amides is 1. The van der Waals surface area contributed by atoms with Crippen molar-refractivity contribution in [2.24, 2.45) is 0 Å². The second kappa shape index (κ2) is 6.58. The number of anilines is 1. The van der Waals surface area contributed by atoms with Crippen molar-refractivity contribution in [1.29, 1.82) is 0 Å². The summed E-state index contributed by atoms with van der Waals surface area (Å²) in [6.45, 7) is 0.0780. The molecular formula is C15H14BrFN2O2. The van der Waals surface area contributed by atoms with Crippen LogP contribution in [-0.4, -0.2) is 13.0 Å². The molecule has 3 N–H and O–H groups in total. The summed E-state index contributed by atoms with van der Waals surface area (Å²) in [7, 11) is 1.48. The predicted molar refractivity (Wildman–Crippen MR) is 82.7 cm³/mol. The van der Waals surface area contributed by atoms with Gasteiger partial charge in [0, 0.05) is 16.6 Å². The van der Waals surface area contributed by atoms with Crippen molar-refractivity contribution in [3.05, 3.63) is 57.8 Å². The Balaban J connectivity index is 2.12. The van der Waals surface area contributed by atoms with Gasteiger partial charge in [0.1, 0.15) is 11.6 Å². The molecule has 4 nitrogen and oxygen atoms in total. The van der Waals surface area contributed by atoms with Gasteiger partial charge in [-0.15, -0.1) is 0 Å². The molecule has 0 heterocycles. The maximum Gasteiger partial charge on any atom is 0.253 e. The topological polar surface area (TPSA) is 64.3 Å². The van der Waals surface area contributed by atoms with E-state index >= 15 is 0 Å². The number of carbonyl (C=O) groups is 1. The van der Waals surface area contributed by atoms with Crippen LogP contribution in [0.5, 0.6) is 5.75 Å². The van der Waals surface area contributed by atoms with Crippen LogP contribution in [0.15, 0.2) is 40.9 Å². The minimum atomic E-state index is -0.386. The van der Waals surface area contributed by atoms with Crippen LogP contribution in [0.4, 0.5) is 10.1 Å². The van der Waals surface area contributed by atoms with Crippen LogP contribution < -0.4 is 15.8 Å². The average molecular weight is 353 g/mol. The van der Waals surface area contributed by atoms with Crippen molar-refractivity contribution < 1.29 is 13.9 Å². The summed E-state index contributed by atoms with van der Waals surface area (Å²) in [6, 6.07) is 9.59. The fraction of sp³-hybridized carbons (Fsp3) is 0.133. The highest BCUT2D eigenvalue weighted by Gasteiger charge is 2.13. The maximum atomic E-state index is 13.7. The summed E-state index contributed by atoms with van der Waals surface area (Å²) in [5.41, 5.74) is 6.80. The van der Waals surface area contributed by atoms with E-state index < -0.39 is 0 Å². The van der Waals surface area contributed by atoms with Crippen molar-refractivity contribution in [3.63, 3.8) is 0 Å². The lowest BCUT2D eigenvalue weighted by molar-refractivity contribution is 0.0951. The number of carbonyl (C=O) groups excluding carboxylic acids is 1. The summed E-state index contributed by atoms with van der Waals surface area (Å²) >= 11 is 3.18. The molecule has 2 aromatic rings. The lowest BCUT2D eigenvalue weighted by Gasteiger charge is -2.11. The van der Waals surface area contributed by atoms with Crippen molar-refractivity contribution in [2.75, 3.05) is 12.8 Å². The standard InChI is InChI=1S/C15H14BrFN2O2/c1-21-13-4-2-3-11(14(13)18)15(20)19-8-9-5-6-10(16)7-12(9)17/h2-7H,8,18H2,1H3,(H,19,20). The Bertz CT molecular complexity index is 677. The molecule has 0 spiro atoms. The van der Waals surface area contributed by atoms with E-state index in [2.05, 4.69) is 21.2 Å². The summed E-state index contributed by atoms with van der Waals surface area (Å²) in [5, 5.41) is 2.64. The lowest BCUT2D eigenvalue weighted by Crippen LogP contribution is -2.24. The highest BCUT2D eigenvalue weighted by molar-refractivity contribution is 9.10. The number of rotatable bonds is 4. The van der Waals surface area contributed by atoms with Gasteiger partial charge in [-0.25, -0.2) is 4.39 Å². The Labute approximate surface area is 130 Å². The van der Waals surface area contributed by atoms with Crippen molar-refractivity contribution in [1.82, 2.24) is 5.32 Å². The van der Waals surface area contributed by atoms with Gasteiger partial charge in [-0.05, 0) is 24.3 Å². The zero-order chi connectivity index (χ0) is 15.4. The minimum absolute atomic E-state index is 0.0780. The normalized spacial score (nSPS) is 10.2. The molecule has 0 unspecified atom stereocenters. The van der Waals surface area contributed by atoms with Gasteiger partial charge in [0.25, 0.3) is 5.91 Å². The van der Waals surface area contributed by atoms with Gasteiger partial charge in [-0.1, -0.05) is 28.1 Å². The molecule has 2 rings (SSSR count). The number of nitrogens with one attached hydrogen (secondary N) is 1. The van der Waals surface area contributed by atoms with Crippen LogP contribution >= 0.6 is 15.9 Å². The number of hydrogen-bond donors (Lipinski definition) is 2. The van der Waals surface area contributed by atoms with Crippen LogP contribution in [0.1, 0.15) is 15.9 Å². The first-order chi connectivity index (χ1) is 10.0. The smallest absolute Gasteiger partial charge is 0.253 e. The molecular weight excluding hydrogens is 339 g/mol. The van der Waals surface area contributed by atoms with E-state index in [1.54, 1.807) is 30.3 Å². The van der Waals surface area contributed by atoms with Crippen molar-refractivity contribution >= 4 is 27.5 Å². The van der Waals surface area contributed by atoms with Crippen LogP contribution in [0.25, 0.3) is 0 Å². The number of para-hydroxylation sites is 1. The van der Waals surface area contributed by atoms with Gasteiger partial charge >= 0.3 is 0 Å². The Morgan fingerprint density at radius 1 is 1.38 bits per heavy atom. The van der Waals surface area contributed by atoms with Gasteiger partial charge in [-0.3, -0.25) is 4.79 Å². The Morgan fingerprint density at radius 3 is 2.81 bits per heavy atom. The molecule has 0 aliphatic heterocycles. The fourth-order valence-corrected chi connectivity index (χ4v) is 2.19. The van der Waals surface area contributed by atoms with Gasteiger partial charge < -0.3 is 15.8 Å². The minimum Gasteiger partial charge on any atom is -0.495 e. The molecule has 6 heteroatoms. The number of nitrogens with two attached hydrogens (primary N) is 1. The molecule has 0 aliphatic rings. The third kappa shape index (κ3) is 3.52. The van der Waals surface area contributed by atoms with Crippen LogP contribution in [-0.2, 0) is 6.54 Å². The van der Waals surface area contributed by atoms with E-state index in [4.69, 9.17) is 10.5 Å². The van der Waals surface area contributed by atoms with Gasteiger partial charge in [0.05, 0.1) is 18.4 Å². The highest BCUT2D eigenvalue weighted by Crippen LogP contribution is 2.24. The summed E-state index contributed by atoms with van der Waals surface area (Å²) < 4.78 is 19.4. The fourth-order valence-electron chi connectivity index (χ4n) is 1.86. The first kappa shape index (κ1) is 15.3. The monoisotopic (exact) mass is 352 g/mol. The molecule has 0 aromatic heterocycles. The second-order valence-corrected chi connectivity index (χ2v) is 5.26. The van der Waals surface area contributed by atoms with Gasteiger partial charge in [0.15, 0.2) is 0 Å². The molecule has 0 radical (unpaired) electrons. The highest BCUT2D eigenvalue weighted by atomic mass is 79.9. The number of ether oxygens (including phenoxy) is 1. The molecule has 110 valence electrons. The number of methoxy groups -OCH3 is 1. The first-order valence-corrected chi connectivity index (χ1v) is 6.97. The summed E-state index contributed by atoms with van der Waals surface area (Å²) in [5.74, 6) is -0.338. The quantitative estimate of drug-likeness (QED) is 0.831. The molecule has 0 aliphatic carbocycles. The average Bonchev–Trinajstić information content (AvgIpc) is 2.46. The Morgan fingerprint density at radius 2 is 2.14 bits per heavy atom. The zero-order valence-corrected chi connectivity index (χ0v) is 12.9. The van der Waals surface area contributed by atoms with E-state index in [0.29, 0.717) is 21.3 Å². The van der Waals surface area contributed by atoms with Crippen molar-refractivity contribution in [3.8, 4) is 5.75 Å². The van der Waals surface area contributed by atoms with Gasteiger partial charge in [-0.2, -0.15) is 0 Å². The molecule has 0 saturated carbocycles. The maximum absolute atomic E-state index is 13.7. The molecule has 2 aromatic carbocycles. The molecule has 0 saturated heterocycles. The summed E-state index contributed by atoms with van der Waals surface area (Å²) in [6.07, 6.45) is 0. The summed E-state index contributed by atoms with van der Waals surface area (Å²) in [4.78, 5) is 12.1. The van der Waals surface area contributed by atoms with Crippen LogP contribution in [0, 0.1) is 5.82 Å². The first-order valence-electron chi connectivity index (χ1n) is 6.17. The SMILES string of the molecule is COc1cccc(C(=O)NCc2ccc(Br)cc2F)c1N. The Kier molecular flexibility index (Phi) is 4.80. The number of halogens is 2. The largest absolute Gasteiger partial charge is 0.495 e. The zero-order valence-electron chi connectivity index (χ0n) is 11.3. The molecule has 0 bridgehead atoms. The van der Waals surface area contributed by atoms with Crippen LogP contribution in [0.3, 0.4) is 0 Å². The lowest BCUT2D eigenvalue weighted by atomic mass is 10.1. The Hall–Kier alpha value is -2.08. The van der Waals surface area contributed by atoms with Crippen LogP contribution in [0.2, 0.25) is 0 Å². The molecule has 0 atom stereocenters. The third-order valence-electron chi connectivity index (χ3n) is 2.99. The van der Waals surface area contributed by atoms with Crippen molar-refractivity contribution in [2.45, 2.75) is 6.54 Å².